The number of rotatable bonds is 22. The maximum Gasteiger partial charge on any atom is 0.323 e. The average Bonchev–Trinajstić information content (AvgIpc) is 3.32. The van der Waals surface area contributed by atoms with Crippen LogP contribution in [-0.2, 0) is 34.4 Å². The van der Waals surface area contributed by atoms with Crippen molar-refractivity contribution in [3.8, 4) is 23.0 Å². The Hall–Kier alpha value is -6.34. The molecule has 21 nitrogen and oxygen atoms in total. The first-order valence-electron chi connectivity index (χ1n) is 22.1. The third kappa shape index (κ3) is 14.1. The second-order valence-corrected chi connectivity index (χ2v) is 18.8. The van der Waals surface area contributed by atoms with Gasteiger partial charge in [-0.2, -0.15) is 0 Å². The quantitative estimate of drug-likeness (QED) is 0.0426. The number of methoxy groups -OCH3 is 2. The molecule has 378 valence electrons. The highest BCUT2D eigenvalue weighted by molar-refractivity contribution is 7.92. The van der Waals surface area contributed by atoms with Gasteiger partial charge >= 0.3 is 6.03 Å². The highest BCUT2D eigenvalue weighted by Crippen LogP contribution is 2.40. The molecular formula is C48H60N6O15S. The molecule has 6 rings (SSSR count). The molecule has 1 saturated heterocycles. The van der Waals surface area contributed by atoms with Gasteiger partial charge in [-0.15, -0.1) is 0 Å². The van der Waals surface area contributed by atoms with Crippen LogP contribution in [0, 0.1) is 0 Å². The van der Waals surface area contributed by atoms with E-state index in [0.717, 1.165) is 11.8 Å². The van der Waals surface area contributed by atoms with Crippen molar-refractivity contribution in [1.82, 2.24) is 10.3 Å². The van der Waals surface area contributed by atoms with Crippen molar-refractivity contribution in [2.75, 3.05) is 87.3 Å². The highest BCUT2D eigenvalue weighted by Gasteiger charge is 2.44. The molecule has 3 amide bonds. The van der Waals surface area contributed by atoms with Gasteiger partial charge in [0.25, 0.3) is 5.91 Å². The van der Waals surface area contributed by atoms with Gasteiger partial charge in [0.05, 0.1) is 82.7 Å². The van der Waals surface area contributed by atoms with Crippen LogP contribution in [0.1, 0.15) is 36.7 Å². The Bertz CT molecular complexity index is 2700. The summed E-state index contributed by atoms with van der Waals surface area (Å²) >= 11 is 0. The van der Waals surface area contributed by atoms with Crippen molar-refractivity contribution < 1.29 is 71.6 Å². The minimum absolute atomic E-state index is 0.0108. The van der Waals surface area contributed by atoms with Gasteiger partial charge in [-0.1, -0.05) is 45.0 Å². The number of sulfonamides is 1. The molecule has 1 aliphatic rings. The van der Waals surface area contributed by atoms with Gasteiger partial charge in [0.2, 0.25) is 10.0 Å². The number of aliphatic hydroxyl groups is 4. The number of anilines is 5. The Labute approximate surface area is 405 Å². The third-order valence-electron chi connectivity index (χ3n) is 10.8. The summed E-state index contributed by atoms with van der Waals surface area (Å²) in [7, 11) is -0.821. The molecule has 1 unspecified atom stereocenters. The Kier molecular flexibility index (Phi) is 18.2. The second kappa shape index (κ2) is 24.0. The van der Waals surface area contributed by atoms with Crippen LogP contribution in [0.2, 0.25) is 0 Å². The lowest BCUT2D eigenvalue weighted by atomic mass is 9.86. The summed E-state index contributed by atoms with van der Waals surface area (Å²) in [5, 5.41) is 52.2. The zero-order valence-corrected chi connectivity index (χ0v) is 40.4. The van der Waals surface area contributed by atoms with E-state index in [0.29, 0.717) is 50.8 Å². The van der Waals surface area contributed by atoms with E-state index >= 15 is 0 Å². The van der Waals surface area contributed by atoms with Crippen molar-refractivity contribution in [3.63, 3.8) is 0 Å². The fraction of sp³-hybridized carbons (Fsp3) is 0.396. The van der Waals surface area contributed by atoms with Crippen LogP contribution in [0.25, 0.3) is 10.8 Å². The maximum absolute atomic E-state index is 13.6. The van der Waals surface area contributed by atoms with Crippen LogP contribution in [0.4, 0.5) is 33.4 Å². The Morgan fingerprint density at radius 3 is 2.17 bits per heavy atom. The molecule has 70 heavy (non-hydrogen) atoms. The molecule has 2 heterocycles. The lowest BCUT2D eigenvalue weighted by Gasteiger charge is -2.39. The summed E-state index contributed by atoms with van der Waals surface area (Å²) < 4.78 is 66.0. The van der Waals surface area contributed by atoms with E-state index in [2.05, 4.69) is 31.0 Å². The number of benzene rings is 4. The molecule has 0 aliphatic carbocycles. The van der Waals surface area contributed by atoms with E-state index in [9.17, 15) is 38.4 Å². The number of aliphatic hydroxyl groups excluding tert-OH is 4. The molecule has 0 radical (unpaired) electrons. The van der Waals surface area contributed by atoms with E-state index < -0.39 is 58.8 Å². The van der Waals surface area contributed by atoms with Gasteiger partial charge in [0.15, 0.2) is 12.0 Å². The van der Waals surface area contributed by atoms with Crippen LogP contribution in [0.15, 0.2) is 85.1 Å². The van der Waals surface area contributed by atoms with E-state index in [1.165, 1.54) is 14.2 Å². The fourth-order valence-electron chi connectivity index (χ4n) is 7.25. The van der Waals surface area contributed by atoms with Crippen molar-refractivity contribution >= 4 is 61.3 Å². The number of fused-ring (bicyclic) bond motifs is 1. The number of pyridine rings is 1. The SMILES string of the molecule is COc1cc(Nc2cc(Oc3ccc(NC(=O)Nc4cc(C(C)(C)C)cc(NS(C)(=O)=O)c4OC)c4ccccc34)ccn2)ccc1C(=O)NCCOCCOCCOC1O[C@H](CO)[C@H](O)[C@@H](O)[C@@H]1O. The molecule has 9 N–H and O–H groups in total. The van der Waals surface area contributed by atoms with Crippen LogP contribution in [0.5, 0.6) is 23.0 Å². The molecule has 5 atom stereocenters. The number of amides is 3. The highest BCUT2D eigenvalue weighted by atomic mass is 32.2. The molecule has 0 bridgehead atoms. The molecule has 1 aliphatic heterocycles. The number of nitrogens with one attached hydrogen (secondary N) is 5. The summed E-state index contributed by atoms with van der Waals surface area (Å²) in [6, 6.07) is 22.1. The first-order chi connectivity index (χ1) is 33.4. The number of carbonyl (C=O) groups is 2. The summed E-state index contributed by atoms with van der Waals surface area (Å²) in [5.41, 5.74) is 2.20. The van der Waals surface area contributed by atoms with E-state index in [1.54, 1.807) is 60.8 Å². The molecular weight excluding hydrogens is 933 g/mol. The number of hydrogen-bond acceptors (Lipinski definition) is 17. The lowest BCUT2D eigenvalue weighted by Crippen LogP contribution is -2.59. The van der Waals surface area contributed by atoms with Gasteiger partial charge in [0, 0.05) is 41.3 Å². The summed E-state index contributed by atoms with van der Waals surface area (Å²) in [6.07, 6.45) is -4.17. The smallest absolute Gasteiger partial charge is 0.323 e. The van der Waals surface area contributed by atoms with Gasteiger partial charge in [-0.05, 0) is 53.4 Å². The predicted octanol–water partition coefficient (Wildman–Crippen LogP) is 4.68. The Morgan fingerprint density at radius 2 is 1.47 bits per heavy atom. The molecule has 1 fully saturated rings. The van der Waals surface area contributed by atoms with Crippen molar-refractivity contribution in [3.05, 3.63) is 96.2 Å². The fourth-order valence-corrected chi connectivity index (χ4v) is 7.80. The number of hydrogen-bond donors (Lipinski definition) is 9. The van der Waals surface area contributed by atoms with Crippen LogP contribution >= 0.6 is 0 Å². The van der Waals surface area contributed by atoms with Gasteiger partial charge in [0.1, 0.15) is 47.5 Å². The normalized spacial score (nSPS) is 18.2. The van der Waals surface area contributed by atoms with Crippen molar-refractivity contribution in [1.29, 1.82) is 0 Å². The number of carbonyl (C=O) groups excluding carboxylic acids is 2. The van der Waals surface area contributed by atoms with E-state index in [-0.39, 0.29) is 62.6 Å². The van der Waals surface area contributed by atoms with Crippen LogP contribution in [-0.4, -0.2) is 143 Å². The number of urea groups is 1. The molecule has 22 heteroatoms. The predicted molar refractivity (Wildman–Crippen MR) is 261 cm³/mol. The standard InChI is InChI=1S/C48H60N6O15S/c1-48(2,3)28-23-35(44(64-5)36(24-28)54-70(6,61)62)53-47(60)52-34-13-14-37(32-10-8-7-9-31(32)34)68-30-15-16-49-40(26-30)51-29-11-12-33(38(25-29)63-4)45(59)50-17-18-65-19-20-66-21-22-67-46-43(58)42(57)41(56)39(27-55)69-46/h7-16,23-26,39,41-43,46,54-58H,17-22,27H2,1-6H3,(H,49,51)(H,50,59)(H2,52,53,60)/t39-,41+,42-,43+,46?/m1/s1. The summed E-state index contributed by atoms with van der Waals surface area (Å²) in [6.45, 7) is 6.34. The zero-order chi connectivity index (χ0) is 50.6. The molecule has 4 aromatic carbocycles. The van der Waals surface area contributed by atoms with Gasteiger partial charge in [-0.25, -0.2) is 18.2 Å². The van der Waals surface area contributed by atoms with Gasteiger partial charge in [-0.3, -0.25) is 9.52 Å². The topological polar surface area (TPSA) is 287 Å². The van der Waals surface area contributed by atoms with Crippen molar-refractivity contribution in [2.45, 2.75) is 56.9 Å². The average molecular weight is 993 g/mol. The molecule has 5 aromatic rings. The number of nitrogens with zero attached hydrogens (tertiary/aromatic N) is 1. The Balaban J connectivity index is 0.998. The minimum atomic E-state index is -3.67. The number of ether oxygens (including phenoxy) is 7. The zero-order valence-electron chi connectivity index (χ0n) is 39.6. The molecule has 0 saturated carbocycles. The Morgan fingerprint density at radius 1 is 0.771 bits per heavy atom. The second-order valence-electron chi connectivity index (χ2n) is 17.0. The third-order valence-corrected chi connectivity index (χ3v) is 11.4. The molecule has 1 aromatic heterocycles. The monoisotopic (exact) mass is 992 g/mol. The summed E-state index contributed by atoms with van der Waals surface area (Å²) in [4.78, 5) is 31.0. The van der Waals surface area contributed by atoms with Crippen LogP contribution < -0.4 is 40.2 Å². The summed E-state index contributed by atoms with van der Waals surface area (Å²) in [5.74, 6) is 1.50. The number of aromatic nitrogens is 1. The first kappa shape index (κ1) is 53.0. The lowest BCUT2D eigenvalue weighted by molar-refractivity contribution is -0.302. The van der Waals surface area contributed by atoms with E-state index in [4.69, 9.17) is 33.2 Å². The van der Waals surface area contributed by atoms with E-state index in [1.807, 2.05) is 45.0 Å². The largest absolute Gasteiger partial charge is 0.496 e. The first-order valence-corrected chi connectivity index (χ1v) is 24.0. The van der Waals surface area contributed by atoms with Gasteiger partial charge < -0.3 is 74.9 Å². The maximum atomic E-state index is 13.6. The minimum Gasteiger partial charge on any atom is -0.496 e. The van der Waals surface area contributed by atoms with Crippen molar-refractivity contribution in [2.24, 2.45) is 0 Å². The van der Waals surface area contributed by atoms with Crippen LogP contribution in [0.3, 0.4) is 0 Å². The molecule has 0 spiro atoms.